The molecule has 1 aromatic carbocycles. The molecule has 0 saturated carbocycles. The van der Waals surface area contributed by atoms with Gasteiger partial charge in [-0.15, -0.1) is 11.3 Å². The zero-order valence-corrected chi connectivity index (χ0v) is 10.1. The van der Waals surface area contributed by atoms with Crippen molar-refractivity contribution >= 4 is 21.4 Å². The van der Waals surface area contributed by atoms with E-state index in [2.05, 4.69) is 25.1 Å². The second-order valence-corrected chi connectivity index (χ2v) is 5.37. The summed E-state index contributed by atoms with van der Waals surface area (Å²) in [5.41, 5.74) is 8.54. The summed E-state index contributed by atoms with van der Waals surface area (Å²) in [7, 11) is 0. The smallest absolute Gasteiger partial charge is 0.104 e. The van der Waals surface area contributed by atoms with Gasteiger partial charge in [-0.2, -0.15) is 0 Å². The zero-order chi connectivity index (χ0) is 11.1. The van der Waals surface area contributed by atoms with Crippen LogP contribution in [0.5, 0.6) is 0 Å². The lowest BCUT2D eigenvalue weighted by molar-refractivity contribution is 0.0519. The minimum Gasteiger partial charge on any atom is -0.371 e. The van der Waals surface area contributed by atoms with Crippen molar-refractivity contribution in [2.75, 3.05) is 13.2 Å². The van der Waals surface area contributed by atoms with Gasteiger partial charge in [-0.3, -0.25) is 0 Å². The molecule has 0 fully saturated rings. The van der Waals surface area contributed by atoms with Crippen molar-refractivity contribution in [3.63, 3.8) is 0 Å². The van der Waals surface area contributed by atoms with Crippen molar-refractivity contribution in [1.29, 1.82) is 0 Å². The highest BCUT2D eigenvalue weighted by atomic mass is 32.1. The van der Waals surface area contributed by atoms with E-state index < -0.39 is 0 Å². The highest BCUT2D eigenvalue weighted by Crippen LogP contribution is 2.39. The van der Waals surface area contributed by atoms with E-state index in [0.29, 0.717) is 6.54 Å². The largest absolute Gasteiger partial charge is 0.371 e. The standard InChI is InChI=1S/C13H15NOS/c1-8-2-3-12-10(6-8)9-4-5-15-11(7-14)13(9)16-12/h2-3,6,11H,4-5,7,14H2,1H3. The fraction of sp³-hybridized carbons (Fsp3) is 0.385. The summed E-state index contributed by atoms with van der Waals surface area (Å²) in [6, 6.07) is 6.66. The molecule has 3 heteroatoms. The van der Waals surface area contributed by atoms with Crippen LogP contribution in [0.25, 0.3) is 10.1 Å². The normalized spacial score (nSPS) is 20.0. The summed E-state index contributed by atoms with van der Waals surface area (Å²) in [6.07, 6.45) is 1.14. The molecule has 2 heterocycles. The summed E-state index contributed by atoms with van der Waals surface area (Å²) < 4.78 is 7.06. The molecule has 0 saturated heterocycles. The average molecular weight is 233 g/mol. The van der Waals surface area contributed by atoms with Gasteiger partial charge in [0.2, 0.25) is 0 Å². The first-order valence-electron chi connectivity index (χ1n) is 5.63. The van der Waals surface area contributed by atoms with E-state index in [-0.39, 0.29) is 6.10 Å². The number of rotatable bonds is 1. The van der Waals surface area contributed by atoms with Gasteiger partial charge in [-0.25, -0.2) is 0 Å². The maximum Gasteiger partial charge on any atom is 0.104 e. The average Bonchev–Trinajstić information content (AvgIpc) is 2.67. The molecule has 1 aliphatic heterocycles. The van der Waals surface area contributed by atoms with Crippen LogP contribution < -0.4 is 5.73 Å². The van der Waals surface area contributed by atoms with E-state index in [0.717, 1.165) is 13.0 Å². The van der Waals surface area contributed by atoms with Crippen LogP contribution >= 0.6 is 11.3 Å². The van der Waals surface area contributed by atoms with E-state index in [1.165, 1.54) is 26.1 Å². The molecule has 3 rings (SSSR count). The Kier molecular flexibility index (Phi) is 2.46. The van der Waals surface area contributed by atoms with Crippen molar-refractivity contribution in [3.05, 3.63) is 34.2 Å². The molecule has 1 aliphatic rings. The molecule has 2 nitrogen and oxygen atoms in total. The number of benzene rings is 1. The lowest BCUT2D eigenvalue weighted by atomic mass is 10.0. The van der Waals surface area contributed by atoms with Gasteiger partial charge < -0.3 is 10.5 Å². The quantitative estimate of drug-likeness (QED) is 0.822. The first-order chi connectivity index (χ1) is 7.79. The maximum atomic E-state index is 5.75. The number of thiophene rings is 1. The van der Waals surface area contributed by atoms with Gasteiger partial charge in [0.15, 0.2) is 0 Å². The second-order valence-electron chi connectivity index (χ2n) is 4.29. The Hall–Kier alpha value is -0.900. The number of ether oxygens (including phenoxy) is 1. The molecule has 84 valence electrons. The van der Waals surface area contributed by atoms with E-state index in [9.17, 15) is 0 Å². The predicted octanol–water partition coefficient (Wildman–Crippen LogP) is 2.78. The molecule has 1 atom stereocenters. The van der Waals surface area contributed by atoms with Crippen LogP contribution in [0.4, 0.5) is 0 Å². The van der Waals surface area contributed by atoms with Gasteiger partial charge in [0.1, 0.15) is 6.10 Å². The molecule has 16 heavy (non-hydrogen) atoms. The highest BCUT2D eigenvalue weighted by molar-refractivity contribution is 7.19. The van der Waals surface area contributed by atoms with Gasteiger partial charge >= 0.3 is 0 Å². The monoisotopic (exact) mass is 233 g/mol. The molecule has 0 amide bonds. The van der Waals surface area contributed by atoms with Crippen molar-refractivity contribution in [2.24, 2.45) is 5.73 Å². The molecule has 1 unspecified atom stereocenters. The number of aryl methyl sites for hydroxylation is 1. The summed E-state index contributed by atoms with van der Waals surface area (Å²) in [5, 5.41) is 1.40. The van der Waals surface area contributed by atoms with Crippen LogP contribution in [0.2, 0.25) is 0 Å². The second kappa shape index (κ2) is 3.84. The topological polar surface area (TPSA) is 35.2 Å². The minimum absolute atomic E-state index is 0.112. The molecule has 2 N–H and O–H groups in total. The predicted molar refractivity (Wildman–Crippen MR) is 68.0 cm³/mol. The molecule has 0 aliphatic carbocycles. The summed E-state index contributed by atoms with van der Waals surface area (Å²) in [6.45, 7) is 3.52. The van der Waals surface area contributed by atoms with Crippen LogP contribution in [0.3, 0.4) is 0 Å². The van der Waals surface area contributed by atoms with Gasteiger partial charge in [-0.05, 0) is 30.4 Å². The minimum atomic E-state index is 0.112. The summed E-state index contributed by atoms with van der Waals surface area (Å²) >= 11 is 1.84. The van der Waals surface area contributed by atoms with E-state index in [1.807, 2.05) is 11.3 Å². The third kappa shape index (κ3) is 1.47. The third-order valence-corrected chi connectivity index (χ3v) is 4.46. The number of hydrogen-bond acceptors (Lipinski definition) is 3. The van der Waals surface area contributed by atoms with Gasteiger partial charge in [0.05, 0.1) is 6.61 Å². The van der Waals surface area contributed by atoms with Crippen molar-refractivity contribution in [2.45, 2.75) is 19.4 Å². The molecule has 2 aromatic rings. The SMILES string of the molecule is Cc1ccc2sc3c(c2c1)CCOC3CN. The first-order valence-corrected chi connectivity index (χ1v) is 6.45. The Morgan fingerprint density at radius 1 is 1.50 bits per heavy atom. The third-order valence-electron chi connectivity index (χ3n) is 3.16. The van der Waals surface area contributed by atoms with Crippen LogP contribution in [0.1, 0.15) is 22.1 Å². The van der Waals surface area contributed by atoms with E-state index in [1.54, 1.807) is 0 Å². The fourth-order valence-corrected chi connectivity index (χ4v) is 3.65. The molecule has 0 radical (unpaired) electrons. The lowest BCUT2D eigenvalue weighted by Gasteiger charge is -2.21. The van der Waals surface area contributed by atoms with Crippen molar-refractivity contribution in [3.8, 4) is 0 Å². The van der Waals surface area contributed by atoms with Crippen LogP contribution in [-0.4, -0.2) is 13.2 Å². The Labute approximate surface area is 99.0 Å². The summed E-state index contributed by atoms with van der Waals surface area (Å²) in [5.74, 6) is 0. The van der Waals surface area contributed by atoms with Crippen LogP contribution in [0, 0.1) is 6.92 Å². The summed E-state index contributed by atoms with van der Waals surface area (Å²) in [4.78, 5) is 1.34. The van der Waals surface area contributed by atoms with Crippen LogP contribution in [-0.2, 0) is 11.2 Å². The van der Waals surface area contributed by atoms with E-state index in [4.69, 9.17) is 10.5 Å². The van der Waals surface area contributed by atoms with E-state index >= 15 is 0 Å². The maximum absolute atomic E-state index is 5.75. The van der Waals surface area contributed by atoms with Gasteiger partial charge in [0, 0.05) is 16.1 Å². The van der Waals surface area contributed by atoms with Gasteiger partial charge in [0.25, 0.3) is 0 Å². The highest BCUT2D eigenvalue weighted by Gasteiger charge is 2.24. The Balaban J connectivity index is 2.24. The molecule has 1 aromatic heterocycles. The Morgan fingerprint density at radius 3 is 3.19 bits per heavy atom. The molecular weight excluding hydrogens is 218 g/mol. The zero-order valence-electron chi connectivity index (χ0n) is 9.32. The lowest BCUT2D eigenvalue weighted by Crippen LogP contribution is -2.21. The Morgan fingerprint density at radius 2 is 2.38 bits per heavy atom. The van der Waals surface area contributed by atoms with Crippen molar-refractivity contribution < 1.29 is 4.74 Å². The molecule has 0 bridgehead atoms. The first kappa shape index (κ1) is 10.3. The molecular formula is C13H15NOS. The number of hydrogen-bond donors (Lipinski definition) is 1. The Bertz CT molecular complexity index is 532. The fourth-order valence-electron chi connectivity index (χ4n) is 2.35. The van der Waals surface area contributed by atoms with Crippen LogP contribution in [0.15, 0.2) is 18.2 Å². The number of nitrogens with two attached hydrogens (primary N) is 1. The molecule has 0 spiro atoms. The van der Waals surface area contributed by atoms with Crippen molar-refractivity contribution in [1.82, 2.24) is 0 Å². The number of fused-ring (bicyclic) bond motifs is 3. The van der Waals surface area contributed by atoms with Gasteiger partial charge in [-0.1, -0.05) is 17.7 Å².